The fourth-order valence-corrected chi connectivity index (χ4v) is 4.69. The first-order chi connectivity index (χ1) is 17.1. The van der Waals surface area contributed by atoms with Crippen molar-refractivity contribution in [3.8, 4) is 11.5 Å². The lowest BCUT2D eigenvalue weighted by atomic mass is 9.96. The third-order valence-corrected chi connectivity index (χ3v) is 6.83. The van der Waals surface area contributed by atoms with Crippen molar-refractivity contribution in [1.29, 1.82) is 0 Å². The van der Waals surface area contributed by atoms with Crippen LogP contribution >= 0.6 is 34.8 Å². The molecule has 36 heavy (non-hydrogen) atoms. The largest absolute Gasteiger partial charge is 0.496 e. The van der Waals surface area contributed by atoms with Crippen LogP contribution < -0.4 is 26.3 Å². The Kier molecular flexibility index (Phi) is 9.78. The predicted octanol–water partition coefficient (Wildman–Crippen LogP) is 4.57. The Bertz CT molecular complexity index is 1100. The molecule has 3 rings (SSSR count). The first-order valence-electron chi connectivity index (χ1n) is 11.3. The van der Waals surface area contributed by atoms with E-state index in [4.69, 9.17) is 60.5 Å². The minimum absolute atomic E-state index is 0.229. The number of nitrogens with two attached hydrogens (primary N) is 2. The topological polar surface area (TPSA) is 129 Å². The molecule has 5 N–H and O–H groups in total. The zero-order chi connectivity index (χ0) is 26.4. The molecule has 1 saturated heterocycles. The third-order valence-electron chi connectivity index (χ3n) is 5.97. The van der Waals surface area contributed by atoms with Gasteiger partial charge in [0.25, 0.3) is 5.91 Å². The molecule has 12 heteroatoms. The predicted molar refractivity (Wildman–Crippen MR) is 140 cm³/mol. The molecule has 9 nitrogen and oxygen atoms in total. The summed E-state index contributed by atoms with van der Waals surface area (Å²) in [6, 6.07) is 7.93. The van der Waals surface area contributed by atoms with Gasteiger partial charge in [-0.3, -0.25) is 9.69 Å². The molecule has 2 aromatic carbocycles. The van der Waals surface area contributed by atoms with Crippen molar-refractivity contribution in [2.24, 2.45) is 11.7 Å². The smallest absolute Gasteiger partial charge is 0.404 e. The fraction of sp³-hybridized carbons (Fsp3) is 0.417. The zero-order valence-corrected chi connectivity index (χ0v) is 22.2. The Hall–Kier alpha value is -2.59. The van der Waals surface area contributed by atoms with Gasteiger partial charge < -0.3 is 31.0 Å². The average molecular weight is 560 g/mol. The summed E-state index contributed by atoms with van der Waals surface area (Å²) in [6.45, 7) is 3.45. The number of primary amides is 1. The van der Waals surface area contributed by atoms with E-state index in [1.165, 1.54) is 19.2 Å². The molecule has 2 unspecified atom stereocenters. The van der Waals surface area contributed by atoms with Crippen LogP contribution in [0, 0.1) is 5.92 Å². The van der Waals surface area contributed by atoms with Crippen molar-refractivity contribution in [2.75, 3.05) is 32.5 Å². The monoisotopic (exact) mass is 558 g/mol. The van der Waals surface area contributed by atoms with Crippen LogP contribution in [0.15, 0.2) is 30.3 Å². The van der Waals surface area contributed by atoms with Gasteiger partial charge in [0, 0.05) is 30.7 Å². The van der Waals surface area contributed by atoms with Gasteiger partial charge in [-0.2, -0.15) is 0 Å². The maximum atomic E-state index is 12.8. The molecule has 0 bridgehead atoms. The van der Waals surface area contributed by atoms with E-state index < -0.39 is 18.4 Å². The van der Waals surface area contributed by atoms with Gasteiger partial charge in [-0.25, -0.2) is 4.79 Å². The first kappa shape index (κ1) is 28.0. The summed E-state index contributed by atoms with van der Waals surface area (Å²) in [5, 5.41) is 4.06. The summed E-state index contributed by atoms with van der Waals surface area (Å²) < 4.78 is 16.6. The highest BCUT2D eigenvalue weighted by atomic mass is 35.5. The molecule has 1 aliphatic rings. The number of hydrogen-bond donors (Lipinski definition) is 3. The lowest BCUT2D eigenvalue weighted by molar-refractivity contribution is -0.0728. The number of nitrogens with one attached hydrogen (secondary N) is 1. The maximum absolute atomic E-state index is 12.8. The molecular formula is C24H29Cl3N4O5. The number of carbonyl (C=O) groups is 2. The summed E-state index contributed by atoms with van der Waals surface area (Å²) in [4.78, 5) is 26.2. The van der Waals surface area contributed by atoms with Crippen LogP contribution in [0.4, 0.5) is 10.5 Å². The number of amides is 2. The van der Waals surface area contributed by atoms with E-state index in [0.29, 0.717) is 52.4 Å². The number of piperidine rings is 1. The lowest BCUT2D eigenvalue weighted by Crippen LogP contribution is -2.52. The highest BCUT2D eigenvalue weighted by Gasteiger charge is 2.33. The van der Waals surface area contributed by atoms with Crippen LogP contribution in [0.2, 0.25) is 15.1 Å². The average Bonchev–Trinajstić information content (AvgIpc) is 2.83. The van der Waals surface area contributed by atoms with Crippen molar-refractivity contribution >= 4 is 52.5 Å². The normalized spacial score (nSPS) is 16.1. The lowest BCUT2D eigenvalue weighted by Gasteiger charge is -2.39. The molecule has 0 radical (unpaired) electrons. The molecule has 1 fully saturated rings. The number of nitrogens with zero attached hydrogens (tertiary/aromatic N) is 1. The van der Waals surface area contributed by atoms with Gasteiger partial charge >= 0.3 is 6.09 Å². The quantitative estimate of drug-likeness (QED) is 0.384. The van der Waals surface area contributed by atoms with E-state index >= 15 is 0 Å². The van der Waals surface area contributed by atoms with Crippen LogP contribution in [0.25, 0.3) is 0 Å². The van der Waals surface area contributed by atoms with Gasteiger partial charge in [0.15, 0.2) is 12.3 Å². The molecule has 0 aromatic heterocycles. The van der Waals surface area contributed by atoms with Crippen LogP contribution in [0.5, 0.6) is 11.5 Å². The van der Waals surface area contributed by atoms with Crippen LogP contribution in [0.3, 0.4) is 0 Å². The first-order valence-corrected chi connectivity index (χ1v) is 12.5. The molecule has 1 aliphatic heterocycles. The number of anilines is 1. The number of rotatable bonds is 9. The van der Waals surface area contributed by atoms with Crippen molar-refractivity contribution < 1.29 is 23.8 Å². The Labute approximate surface area is 224 Å². The van der Waals surface area contributed by atoms with E-state index in [0.717, 1.165) is 12.8 Å². The molecular weight excluding hydrogens is 531 g/mol. The number of likely N-dealkylation sites (tertiary alicyclic amines) is 1. The van der Waals surface area contributed by atoms with Gasteiger partial charge in [-0.1, -0.05) is 34.8 Å². The van der Waals surface area contributed by atoms with Gasteiger partial charge in [0.2, 0.25) is 0 Å². The van der Waals surface area contributed by atoms with Crippen molar-refractivity contribution in [1.82, 2.24) is 10.2 Å². The number of hydrogen-bond acceptors (Lipinski definition) is 7. The van der Waals surface area contributed by atoms with E-state index in [-0.39, 0.29) is 16.8 Å². The number of nitrogen functional groups attached to an aromatic ring is 1. The molecule has 0 spiro atoms. The highest BCUT2D eigenvalue weighted by molar-refractivity contribution is 6.35. The Morgan fingerprint density at radius 1 is 1.11 bits per heavy atom. The number of ether oxygens (including phenoxy) is 3. The van der Waals surface area contributed by atoms with Gasteiger partial charge in [-0.15, -0.1) is 0 Å². The van der Waals surface area contributed by atoms with Gasteiger partial charge in [0.05, 0.1) is 28.4 Å². The molecule has 196 valence electrons. The third kappa shape index (κ3) is 7.22. The minimum atomic E-state index is -0.894. The van der Waals surface area contributed by atoms with Gasteiger partial charge in [0.1, 0.15) is 11.5 Å². The zero-order valence-electron chi connectivity index (χ0n) is 19.9. The molecule has 0 aliphatic carbocycles. The van der Waals surface area contributed by atoms with Crippen molar-refractivity contribution in [3.63, 3.8) is 0 Å². The van der Waals surface area contributed by atoms with Crippen LogP contribution in [-0.2, 0) is 4.74 Å². The highest BCUT2D eigenvalue weighted by Crippen LogP contribution is 2.31. The summed E-state index contributed by atoms with van der Waals surface area (Å²) >= 11 is 18.4. The van der Waals surface area contributed by atoms with Crippen molar-refractivity contribution in [2.45, 2.75) is 32.1 Å². The number of methoxy groups -OCH3 is 1. The summed E-state index contributed by atoms with van der Waals surface area (Å²) in [6.07, 6.45) is -0.621. The molecule has 0 saturated carbocycles. The summed E-state index contributed by atoms with van der Waals surface area (Å²) in [5.41, 5.74) is 11.7. The summed E-state index contributed by atoms with van der Waals surface area (Å²) in [5.74, 6) is 0.704. The van der Waals surface area contributed by atoms with Crippen molar-refractivity contribution in [3.05, 3.63) is 51.0 Å². The molecule has 1 heterocycles. The Morgan fingerprint density at radius 2 is 1.81 bits per heavy atom. The minimum Gasteiger partial charge on any atom is -0.496 e. The second kappa shape index (κ2) is 12.6. The van der Waals surface area contributed by atoms with Crippen LogP contribution in [-0.4, -0.2) is 56.0 Å². The molecule has 2 aromatic rings. The Morgan fingerprint density at radius 3 is 2.42 bits per heavy atom. The molecule has 2 amide bonds. The number of halogens is 3. The second-order valence-corrected chi connectivity index (χ2v) is 9.74. The van der Waals surface area contributed by atoms with Gasteiger partial charge in [-0.05, 0) is 49.9 Å². The van der Waals surface area contributed by atoms with E-state index in [2.05, 4.69) is 10.2 Å². The van der Waals surface area contributed by atoms with E-state index in [1.54, 1.807) is 25.1 Å². The SMILES string of the molecule is COc1cc(N)c(Cl)cc1C(=O)NCC1CCN(C(Oc2ccc(Cl)cc2Cl)C(C)OC(N)=O)CC1. The van der Waals surface area contributed by atoms with Crippen LogP contribution in [0.1, 0.15) is 30.1 Å². The maximum Gasteiger partial charge on any atom is 0.404 e. The number of benzene rings is 2. The summed E-state index contributed by atoms with van der Waals surface area (Å²) in [7, 11) is 1.47. The van der Waals surface area contributed by atoms with E-state index in [9.17, 15) is 9.59 Å². The fourth-order valence-electron chi connectivity index (χ4n) is 4.07. The number of carbonyl (C=O) groups excluding carboxylic acids is 2. The second-order valence-electron chi connectivity index (χ2n) is 8.49. The van der Waals surface area contributed by atoms with E-state index in [1.807, 2.05) is 0 Å². The standard InChI is InChI=1S/C24H29Cl3N4O5/c1-13(35-24(29)33)23(36-20-4-3-15(25)9-18(20)27)31-7-5-14(6-8-31)12-30-22(32)16-10-17(26)19(28)11-21(16)34-2/h3-4,9-11,13-14,23H,5-8,12,28H2,1-2H3,(H2,29,33)(H,30,32). The molecule has 2 atom stereocenters. The Balaban J connectivity index is 1.61.